The molecule has 138 valence electrons. The lowest BCUT2D eigenvalue weighted by atomic mass is 9.90. The smallest absolute Gasteiger partial charge is 0.256 e. The van der Waals surface area contributed by atoms with Crippen LogP contribution in [0.1, 0.15) is 39.9 Å². The number of benzene rings is 3. The van der Waals surface area contributed by atoms with Crippen molar-refractivity contribution in [2.75, 3.05) is 5.32 Å². The standard InChI is InChI=1S/C24H20N2OS/c25-16-18-9-2-5-14-22(18)28-23-15-6-4-12-20(23)24(27)26-21-13-7-10-17-8-1-3-11-19(17)21/h2,4-7,9-10,12-15H,1,3,8,11H2,(H,26,27). The first kappa shape index (κ1) is 18.3. The van der Waals surface area contributed by atoms with E-state index < -0.39 is 0 Å². The van der Waals surface area contributed by atoms with Crippen LogP contribution in [-0.4, -0.2) is 5.91 Å². The van der Waals surface area contributed by atoms with Crippen LogP contribution in [0.2, 0.25) is 0 Å². The van der Waals surface area contributed by atoms with Gasteiger partial charge in [0.05, 0.1) is 11.1 Å². The van der Waals surface area contributed by atoms with Gasteiger partial charge >= 0.3 is 0 Å². The highest BCUT2D eigenvalue weighted by atomic mass is 32.2. The number of carbonyl (C=O) groups excluding carboxylic acids is 1. The summed E-state index contributed by atoms with van der Waals surface area (Å²) in [6, 6.07) is 23.4. The predicted molar refractivity (Wildman–Crippen MR) is 113 cm³/mol. The lowest BCUT2D eigenvalue weighted by Crippen LogP contribution is -2.16. The zero-order chi connectivity index (χ0) is 19.3. The first-order valence-corrected chi connectivity index (χ1v) is 10.3. The Morgan fingerprint density at radius 3 is 2.50 bits per heavy atom. The third-order valence-corrected chi connectivity index (χ3v) is 6.16. The average Bonchev–Trinajstić information content (AvgIpc) is 2.75. The summed E-state index contributed by atoms with van der Waals surface area (Å²) >= 11 is 1.45. The lowest BCUT2D eigenvalue weighted by Gasteiger charge is -2.20. The number of hydrogen-bond donors (Lipinski definition) is 1. The molecule has 1 amide bonds. The SMILES string of the molecule is N#Cc1ccccc1Sc1ccccc1C(=O)Nc1cccc2c1CCCC2. The van der Waals surface area contributed by atoms with E-state index in [-0.39, 0.29) is 5.91 Å². The predicted octanol–water partition coefficient (Wildman–Crippen LogP) is 5.84. The molecule has 4 heteroatoms. The minimum absolute atomic E-state index is 0.114. The molecule has 4 rings (SSSR count). The van der Waals surface area contributed by atoms with Crippen LogP contribution < -0.4 is 5.32 Å². The van der Waals surface area contributed by atoms with E-state index >= 15 is 0 Å². The molecule has 0 atom stereocenters. The molecule has 1 aliphatic rings. The molecule has 0 radical (unpaired) electrons. The molecule has 0 saturated carbocycles. The summed E-state index contributed by atoms with van der Waals surface area (Å²) in [7, 11) is 0. The molecule has 1 N–H and O–H groups in total. The number of amides is 1. The number of fused-ring (bicyclic) bond motifs is 1. The van der Waals surface area contributed by atoms with Crippen molar-refractivity contribution in [2.24, 2.45) is 0 Å². The van der Waals surface area contributed by atoms with Gasteiger partial charge in [0.15, 0.2) is 0 Å². The largest absolute Gasteiger partial charge is 0.322 e. The molecule has 0 saturated heterocycles. The molecule has 0 spiro atoms. The Balaban J connectivity index is 1.62. The number of aryl methyl sites for hydroxylation is 1. The number of nitrogens with zero attached hydrogens (tertiary/aromatic N) is 1. The summed E-state index contributed by atoms with van der Waals surface area (Å²) < 4.78 is 0. The summed E-state index contributed by atoms with van der Waals surface area (Å²) in [4.78, 5) is 14.8. The third-order valence-electron chi connectivity index (χ3n) is 5.00. The first-order chi connectivity index (χ1) is 13.8. The number of hydrogen-bond acceptors (Lipinski definition) is 3. The van der Waals surface area contributed by atoms with Crippen molar-refractivity contribution >= 4 is 23.4 Å². The maximum Gasteiger partial charge on any atom is 0.256 e. The minimum Gasteiger partial charge on any atom is -0.322 e. The maximum absolute atomic E-state index is 13.1. The quantitative estimate of drug-likeness (QED) is 0.615. The summed E-state index contributed by atoms with van der Waals surface area (Å²) in [5.74, 6) is -0.114. The molecule has 0 fully saturated rings. The van der Waals surface area contributed by atoms with Gasteiger partial charge in [0.2, 0.25) is 0 Å². The second kappa shape index (κ2) is 8.33. The number of nitriles is 1. The van der Waals surface area contributed by atoms with Gasteiger partial charge in [0.1, 0.15) is 6.07 Å². The number of carbonyl (C=O) groups is 1. The Morgan fingerprint density at radius 2 is 1.64 bits per heavy atom. The summed E-state index contributed by atoms with van der Waals surface area (Å²) in [5.41, 5.74) is 4.75. The Morgan fingerprint density at radius 1 is 0.893 bits per heavy atom. The topological polar surface area (TPSA) is 52.9 Å². The van der Waals surface area contributed by atoms with Crippen molar-refractivity contribution < 1.29 is 4.79 Å². The molecule has 0 bridgehead atoms. The second-order valence-electron chi connectivity index (χ2n) is 6.81. The van der Waals surface area contributed by atoms with Gasteiger partial charge in [-0.25, -0.2) is 0 Å². The summed E-state index contributed by atoms with van der Waals surface area (Å²) in [6.07, 6.45) is 4.47. The van der Waals surface area contributed by atoms with Crippen LogP contribution in [0, 0.1) is 11.3 Å². The summed E-state index contributed by atoms with van der Waals surface area (Å²) in [6.45, 7) is 0. The number of nitrogens with one attached hydrogen (secondary N) is 1. The monoisotopic (exact) mass is 384 g/mol. The van der Waals surface area contributed by atoms with Crippen LogP contribution in [0.15, 0.2) is 76.5 Å². The van der Waals surface area contributed by atoms with Crippen molar-refractivity contribution in [1.82, 2.24) is 0 Å². The molecule has 28 heavy (non-hydrogen) atoms. The van der Waals surface area contributed by atoms with Gasteiger partial charge in [-0.2, -0.15) is 5.26 Å². The highest BCUT2D eigenvalue weighted by Gasteiger charge is 2.17. The fraction of sp³-hybridized carbons (Fsp3) is 0.167. The number of anilines is 1. The summed E-state index contributed by atoms with van der Waals surface area (Å²) in [5, 5.41) is 12.5. The van der Waals surface area contributed by atoms with E-state index in [1.54, 1.807) is 6.07 Å². The van der Waals surface area contributed by atoms with Crippen LogP contribution in [0.5, 0.6) is 0 Å². The van der Waals surface area contributed by atoms with E-state index in [0.717, 1.165) is 34.7 Å². The maximum atomic E-state index is 13.1. The van der Waals surface area contributed by atoms with Gasteiger partial charge < -0.3 is 5.32 Å². The molecule has 0 aromatic heterocycles. The molecule has 0 aliphatic heterocycles. The Hall–Kier alpha value is -3.03. The molecule has 3 nitrogen and oxygen atoms in total. The zero-order valence-electron chi connectivity index (χ0n) is 15.4. The van der Waals surface area contributed by atoms with E-state index in [4.69, 9.17) is 0 Å². The van der Waals surface area contributed by atoms with Crippen LogP contribution in [0.25, 0.3) is 0 Å². The van der Waals surface area contributed by atoms with Gasteiger partial charge in [-0.1, -0.05) is 48.2 Å². The highest BCUT2D eigenvalue weighted by Crippen LogP contribution is 2.33. The Bertz CT molecular complexity index is 1070. The highest BCUT2D eigenvalue weighted by molar-refractivity contribution is 7.99. The molecular formula is C24H20N2OS. The number of rotatable bonds is 4. The van der Waals surface area contributed by atoms with Crippen LogP contribution in [0.4, 0.5) is 5.69 Å². The van der Waals surface area contributed by atoms with Crippen LogP contribution in [-0.2, 0) is 12.8 Å². The molecule has 3 aromatic carbocycles. The lowest BCUT2D eigenvalue weighted by molar-refractivity contribution is 0.102. The molecule has 1 aliphatic carbocycles. The molecule has 3 aromatic rings. The second-order valence-corrected chi connectivity index (χ2v) is 7.89. The van der Waals surface area contributed by atoms with Gasteiger partial charge in [0.25, 0.3) is 5.91 Å². The van der Waals surface area contributed by atoms with E-state index in [0.29, 0.717) is 11.1 Å². The first-order valence-electron chi connectivity index (χ1n) is 9.44. The fourth-order valence-corrected chi connectivity index (χ4v) is 4.62. The average molecular weight is 385 g/mol. The Labute approximate surface area is 169 Å². The van der Waals surface area contributed by atoms with Crippen LogP contribution >= 0.6 is 11.8 Å². The normalized spacial score (nSPS) is 12.7. The molecular weight excluding hydrogens is 364 g/mol. The van der Waals surface area contributed by atoms with Gasteiger partial charge in [-0.15, -0.1) is 0 Å². The third kappa shape index (κ3) is 3.81. The van der Waals surface area contributed by atoms with Gasteiger partial charge in [-0.3, -0.25) is 4.79 Å². The Kier molecular flexibility index (Phi) is 5.45. The van der Waals surface area contributed by atoms with Crippen molar-refractivity contribution in [1.29, 1.82) is 5.26 Å². The van der Waals surface area contributed by atoms with Crippen molar-refractivity contribution in [3.8, 4) is 6.07 Å². The fourth-order valence-electron chi connectivity index (χ4n) is 3.60. The zero-order valence-corrected chi connectivity index (χ0v) is 16.3. The van der Waals surface area contributed by atoms with Gasteiger partial charge in [0, 0.05) is 15.5 Å². The van der Waals surface area contributed by atoms with Crippen molar-refractivity contribution in [3.05, 3.63) is 89.0 Å². The van der Waals surface area contributed by atoms with Crippen LogP contribution in [0.3, 0.4) is 0 Å². The minimum atomic E-state index is -0.114. The van der Waals surface area contributed by atoms with E-state index in [2.05, 4.69) is 17.5 Å². The van der Waals surface area contributed by atoms with Gasteiger partial charge in [-0.05, 0) is 67.1 Å². The van der Waals surface area contributed by atoms with E-state index in [1.807, 2.05) is 54.6 Å². The van der Waals surface area contributed by atoms with Crippen molar-refractivity contribution in [2.45, 2.75) is 35.5 Å². The van der Waals surface area contributed by atoms with Crippen molar-refractivity contribution in [3.63, 3.8) is 0 Å². The molecule has 0 heterocycles. The van der Waals surface area contributed by atoms with E-state index in [9.17, 15) is 10.1 Å². The van der Waals surface area contributed by atoms with E-state index in [1.165, 1.54) is 29.3 Å². The molecule has 0 unspecified atom stereocenters.